The lowest BCUT2D eigenvalue weighted by atomic mass is 10.0. The van der Waals surface area contributed by atoms with Crippen molar-refractivity contribution in [3.05, 3.63) is 10.6 Å². The zero-order valence-electron chi connectivity index (χ0n) is 12.4. The maximum absolute atomic E-state index is 10.3. The largest absolute Gasteiger partial charge is 0.385 e. The third-order valence-corrected chi connectivity index (χ3v) is 5.08. The second-order valence-corrected chi connectivity index (χ2v) is 6.96. The first-order valence-corrected chi connectivity index (χ1v) is 8.31. The van der Waals surface area contributed by atoms with E-state index < -0.39 is 5.60 Å². The van der Waals surface area contributed by atoms with E-state index >= 15 is 0 Å². The van der Waals surface area contributed by atoms with Gasteiger partial charge in [-0.25, -0.2) is 4.98 Å². The molecular weight excluding hydrogens is 256 g/mol. The van der Waals surface area contributed by atoms with Crippen LogP contribution in [0.25, 0.3) is 0 Å². The first-order valence-electron chi connectivity index (χ1n) is 7.50. The van der Waals surface area contributed by atoms with Crippen molar-refractivity contribution in [2.75, 3.05) is 18.0 Å². The van der Waals surface area contributed by atoms with E-state index in [1.54, 1.807) is 11.3 Å². The van der Waals surface area contributed by atoms with Crippen molar-refractivity contribution >= 4 is 16.5 Å². The Hall–Kier alpha value is -0.610. The Bertz CT molecular complexity index is 401. The predicted octanol–water partition coefficient (Wildman–Crippen LogP) is 3.70. The number of aryl methyl sites for hydroxylation is 1. The molecule has 0 aliphatic carbocycles. The molecule has 1 aliphatic rings. The quantitative estimate of drug-likeness (QED) is 0.914. The van der Waals surface area contributed by atoms with Crippen LogP contribution in [0.1, 0.15) is 63.4 Å². The topological polar surface area (TPSA) is 36.4 Å². The molecule has 1 aromatic heterocycles. The van der Waals surface area contributed by atoms with E-state index in [9.17, 15) is 5.11 Å². The van der Waals surface area contributed by atoms with Crippen LogP contribution in [0, 0.1) is 0 Å². The van der Waals surface area contributed by atoms with Crippen molar-refractivity contribution in [1.82, 2.24) is 4.98 Å². The average molecular weight is 282 g/mol. The number of aromatic nitrogens is 1. The summed E-state index contributed by atoms with van der Waals surface area (Å²) < 4.78 is 0. The van der Waals surface area contributed by atoms with Gasteiger partial charge in [-0.1, -0.05) is 37.5 Å². The third-order valence-electron chi connectivity index (χ3n) is 3.61. The Morgan fingerprint density at radius 3 is 2.37 bits per heavy atom. The van der Waals surface area contributed by atoms with Gasteiger partial charge < -0.3 is 10.0 Å². The normalized spacial score (nSPS) is 17.6. The van der Waals surface area contributed by atoms with Crippen molar-refractivity contribution in [1.29, 1.82) is 0 Å². The van der Waals surface area contributed by atoms with Crippen molar-refractivity contribution in [2.45, 2.75) is 64.9 Å². The van der Waals surface area contributed by atoms with E-state index in [4.69, 9.17) is 4.98 Å². The van der Waals surface area contributed by atoms with Crippen LogP contribution < -0.4 is 4.90 Å². The van der Waals surface area contributed by atoms with Crippen LogP contribution in [0.4, 0.5) is 5.13 Å². The Morgan fingerprint density at radius 2 is 1.84 bits per heavy atom. The molecule has 0 aromatic carbocycles. The van der Waals surface area contributed by atoms with E-state index in [1.807, 2.05) is 13.8 Å². The summed E-state index contributed by atoms with van der Waals surface area (Å²) >= 11 is 1.69. The van der Waals surface area contributed by atoms with Crippen LogP contribution in [-0.4, -0.2) is 23.2 Å². The van der Waals surface area contributed by atoms with Gasteiger partial charge in [0.25, 0.3) is 0 Å². The molecule has 4 heteroatoms. The van der Waals surface area contributed by atoms with E-state index in [0.29, 0.717) is 0 Å². The van der Waals surface area contributed by atoms with Crippen molar-refractivity contribution in [3.63, 3.8) is 0 Å². The van der Waals surface area contributed by atoms with Crippen molar-refractivity contribution < 1.29 is 5.11 Å². The smallest absolute Gasteiger partial charge is 0.185 e. The van der Waals surface area contributed by atoms with Gasteiger partial charge in [0.1, 0.15) is 0 Å². The summed E-state index contributed by atoms with van der Waals surface area (Å²) in [6.07, 6.45) is 7.24. The molecule has 1 aromatic rings. The number of rotatable bonds is 4. The lowest BCUT2D eigenvalue weighted by molar-refractivity contribution is 0.0813. The molecule has 108 valence electrons. The highest BCUT2D eigenvalue weighted by atomic mass is 32.1. The van der Waals surface area contributed by atoms with Crippen molar-refractivity contribution in [3.8, 4) is 0 Å². The summed E-state index contributed by atoms with van der Waals surface area (Å²) in [7, 11) is 0. The van der Waals surface area contributed by atoms with Gasteiger partial charge in [-0.05, 0) is 33.1 Å². The van der Waals surface area contributed by atoms with Gasteiger partial charge in [-0.2, -0.15) is 0 Å². The lowest BCUT2D eigenvalue weighted by Gasteiger charge is -2.19. The summed E-state index contributed by atoms with van der Waals surface area (Å²) in [4.78, 5) is 8.27. The number of nitrogens with zero attached hydrogens (tertiary/aromatic N) is 2. The average Bonchev–Trinajstić information content (AvgIpc) is 2.59. The van der Waals surface area contributed by atoms with E-state index in [1.165, 1.54) is 25.7 Å². The zero-order chi connectivity index (χ0) is 13.9. The first-order chi connectivity index (χ1) is 9.02. The molecular formula is C15H26N2OS. The predicted molar refractivity (Wildman–Crippen MR) is 82.0 cm³/mol. The van der Waals surface area contributed by atoms with Crippen LogP contribution in [0.5, 0.6) is 0 Å². The Kier molecular flexibility index (Phi) is 4.85. The summed E-state index contributed by atoms with van der Waals surface area (Å²) in [5, 5.41) is 11.4. The third kappa shape index (κ3) is 3.69. The molecule has 19 heavy (non-hydrogen) atoms. The molecule has 0 spiro atoms. The Morgan fingerprint density at radius 1 is 1.21 bits per heavy atom. The molecule has 0 bridgehead atoms. The number of anilines is 1. The zero-order valence-corrected chi connectivity index (χ0v) is 13.2. The van der Waals surface area contributed by atoms with Gasteiger partial charge in [0.05, 0.1) is 16.2 Å². The van der Waals surface area contributed by atoms with E-state index in [2.05, 4.69) is 11.8 Å². The van der Waals surface area contributed by atoms with Crippen molar-refractivity contribution in [2.24, 2.45) is 0 Å². The fourth-order valence-corrected chi connectivity index (χ4v) is 3.79. The van der Waals surface area contributed by atoms with Gasteiger partial charge >= 0.3 is 0 Å². The molecule has 1 saturated heterocycles. The highest BCUT2D eigenvalue weighted by Gasteiger charge is 2.26. The Labute approximate surface area is 120 Å². The van der Waals surface area contributed by atoms with Crippen LogP contribution in [-0.2, 0) is 12.0 Å². The number of aliphatic hydroxyl groups is 1. The molecule has 1 aliphatic heterocycles. The van der Waals surface area contributed by atoms with Crippen LogP contribution in [0.3, 0.4) is 0 Å². The van der Waals surface area contributed by atoms with Crippen LogP contribution in [0.15, 0.2) is 0 Å². The fourth-order valence-electron chi connectivity index (χ4n) is 2.62. The van der Waals surface area contributed by atoms with Gasteiger partial charge in [-0.3, -0.25) is 0 Å². The molecule has 0 radical (unpaired) electrons. The molecule has 3 nitrogen and oxygen atoms in total. The molecule has 1 N–H and O–H groups in total. The molecule has 1 fully saturated rings. The highest BCUT2D eigenvalue weighted by Crippen LogP contribution is 2.35. The minimum absolute atomic E-state index is 0.772. The lowest BCUT2D eigenvalue weighted by Crippen LogP contribution is -2.23. The maximum Gasteiger partial charge on any atom is 0.185 e. The number of hydrogen-bond donors (Lipinski definition) is 1. The standard InChI is InChI=1S/C15H26N2OS/c1-4-9-12-13(15(2,3)18)19-14(16-12)17-10-7-5-6-8-11-17/h18H,4-11H2,1-3H3. The first kappa shape index (κ1) is 14.8. The summed E-state index contributed by atoms with van der Waals surface area (Å²) in [6, 6.07) is 0. The molecule has 2 heterocycles. The van der Waals surface area contributed by atoms with Gasteiger partial charge in [0.15, 0.2) is 5.13 Å². The van der Waals surface area contributed by atoms with E-state index in [0.717, 1.165) is 41.6 Å². The van der Waals surface area contributed by atoms with E-state index in [-0.39, 0.29) is 0 Å². The number of hydrogen-bond acceptors (Lipinski definition) is 4. The SMILES string of the molecule is CCCc1nc(N2CCCCCC2)sc1C(C)(C)O. The second kappa shape index (κ2) is 6.23. The maximum atomic E-state index is 10.3. The minimum atomic E-state index is -0.772. The molecule has 0 amide bonds. The molecule has 0 unspecified atom stereocenters. The molecule has 2 rings (SSSR count). The fraction of sp³-hybridized carbons (Fsp3) is 0.800. The summed E-state index contributed by atoms with van der Waals surface area (Å²) in [6.45, 7) is 8.13. The monoisotopic (exact) mass is 282 g/mol. The second-order valence-electron chi connectivity index (χ2n) is 5.98. The summed E-state index contributed by atoms with van der Waals surface area (Å²) in [5.41, 5.74) is 0.325. The highest BCUT2D eigenvalue weighted by molar-refractivity contribution is 7.15. The Balaban J connectivity index is 2.25. The van der Waals surface area contributed by atoms with Crippen LogP contribution >= 0.6 is 11.3 Å². The molecule has 0 saturated carbocycles. The minimum Gasteiger partial charge on any atom is -0.385 e. The number of thiazole rings is 1. The van der Waals surface area contributed by atoms with Crippen LogP contribution in [0.2, 0.25) is 0 Å². The molecule has 0 atom stereocenters. The van der Waals surface area contributed by atoms with Gasteiger partial charge in [-0.15, -0.1) is 0 Å². The van der Waals surface area contributed by atoms with Gasteiger partial charge in [0.2, 0.25) is 0 Å². The summed E-state index contributed by atoms with van der Waals surface area (Å²) in [5.74, 6) is 0. The van der Waals surface area contributed by atoms with Gasteiger partial charge in [0, 0.05) is 13.1 Å².